The standard InChI is InChI=1S/C13H14N2O3S/c1-19-10-7-5-9(6-8-10)13-14-11(18-15-13)3-2-4-12(16)17/h5-8H,2-4H2,1H3,(H,16,17). The molecule has 0 spiro atoms. The maximum absolute atomic E-state index is 10.4. The molecule has 0 aliphatic rings. The van der Waals surface area contributed by atoms with Crippen molar-refractivity contribution in [2.45, 2.75) is 24.2 Å². The predicted molar refractivity (Wildman–Crippen MR) is 72.1 cm³/mol. The first-order chi connectivity index (χ1) is 9.19. The van der Waals surface area contributed by atoms with Crippen molar-refractivity contribution >= 4 is 17.7 Å². The molecule has 1 N–H and O–H groups in total. The monoisotopic (exact) mass is 278 g/mol. The van der Waals surface area contributed by atoms with E-state index in [1.54, 1.807) is 11.8 Å². The fourth-order valence-corrected chi connectivity index (χ4v) is 2.01. The fraction of sp³-hybridized carbons (Fsp3) is 0.308. The summed E-state index contributed by atoms with van der Waals surface area (Å²) in [6, 6.07) is 7.89. The van der Waals surface area contributed by atoms with E-state index in [0.29, 0.717) is 24.6 Å². The normalized spacial score (nSPS) is 10.6. The van der Waals surface area contributed by atoms with Crippen molar-refractivity contribution in [2.24, 2.45) is 0 Å². The van der Waals surface area contributed by atoms with Gasteiger partial charge < -0.3 is 9.63 Å². The highest BCUT2D eigenvalue weighted by atomic mass is 32.2. The van der Waals surface area contributed by atoms with Crippen LogP contribution in [0.2, 0.25) is 0 Å². The first kappa shape index (κ1) is 13.6. The van der Waals surface area contributed by atoms with Gasteiger partial charge in [-0.3, -0.25) is 4.79 Å². The van der Waals surface area contributed by atoms with Gasteiger partial charge in [-0.25, -0.2) is 0 Å². The zero-order valence-electron chi connectivity index (χ0n) is 10.5. The van der Waals surface area contributed by atoms with Crippen molar-refractivity contribution in [2.75, 3.05) is 6.26 Å². The van der Waals surface area contributed by atoms with Crippen LogP contribution in [0.5, 0.6) is 0 Å². The van der Waals surface area contributed by atoms with Gasteiger partial charge in [0.05, 0.1) is 0 Å². The Balaban J connectivity index is 2.01. The SMILES string of the molecule is CSc1ccc(-c2noc(CCCC(=O)O)n2)cc1. The van der Waals surface area contributed by atoms with E-state index in [4.69, 9.17) is 9.63 Å². The van der Waals surface area contributed by atoms with Gasteiger partial charge in [0.2, 0.25) is 11.7 Å². The zero-order chi connectivity index (χ0) is 13.7. The second kappa shape index (κ2) is 6.38. The second-order valence-electron chi connectivity index (χ2n) is 3.99. The Bertz CT molecular complexity index is 551. The highest BCUT2D eigenvalue weighted by molar-refractivity contribution is 7.98. The van der Waals surface area contributed by atoms with Crippen LogP contribution < -0.4 is 0 Å². The molecule has 0 fully saturated rings. The Hall–Kier alpha value is -1.82. The second-order valence-corrected chi connectivity index (χ2v) is 4.87. The van der Waals surface area contributed by atoms with Gasteiger partial charge in [-0.2, -0.15) is 4.98 Å². The van der Waals surface area contributed by atoms with Crippen LogP contribution in [-0.2, 0) is 11.2 Å². The first-order valence-corrected chi connectivity index (χ1v) is 7.10. The van der Waals surface area contributed by atoms with Gasteiger partial charge >= 0.3 is 5.97 Å². The molecular formula is C13H14N2O3S. The van der Waals surface area contributed by atoms with Gasteiger partial charge in [0, 0.05) is 23.3 Å². The topological polar surface area (TPSA) is 76.2 Å². The average Bonchev–Trinajstić information content (AvgIpc) is 2.87. The minimum absolute atomic E-state index is 0.111. The summed E-state index contributed by atoms with van der Waals surface area (Å²) in [4.78, 5) is 15.8. The van der Waals surface area contributed by atoms with Crippen LogP contribution in [0, 0.1) is 0 Å². The molecule has 0 saturated carbocycles. The summed E-state index contributed by atoms with van der Waals surface area (Å²) < 4.78 is 5.10. The van der Waals surface area contributed by atoms with Gasteiger partial charge in [0.1, 0.15) is 0 Å². The third-order valence-corrected chi connectivity index (χ3v) is 3.34. The van der Waals surface area contributed by atoms with Crippen molar-refractivity contribution in [3.8, 4) is 11.4 Å². The molecule has 2 aromatic rings. The third-order valence-electron chi connectivity index (χ3n) is 2.60. The van der Waals surface area contributed by atoms with Crippen molar-refractivity contribution in [3.05, 3.63) is 30.2 Å². The van der Waals surface area contributed by atoms with Crippen LogP contribution in [-0.4, -0.2) is 27.5 Å². The van der Waals surface area contributed by atoms with E-state index < -0.39 is 5.97 Å². The molecule has 0 saturated heterocycles. The number of nitrogens with zero attached hydrogens (tertiary/aromatic N) is 2. The van der Waals surface area contributed by atoms with Crippen LogP contribution in [0.25, 0.3) is 11.4 Å². The molecule has 0 atom stereocenters. The minimum Gasteiger partial charge on any atom is -0.481 e. The smallest absolute Gasteiger partial charge is 0.303 e. The number of carbonyl (C=O) groups is 1. The Morgan fingerprint density at radius 3 is 2.74 bits per heavy atom. The lowest BCUT2D eigenvalue weighted by Crippen LogP contribution is -1.95. The molecule has 5 nitrogen and oxygen atoms in total. The summed E-state index contributed by atoms with van der Waals surface area (Å²) in [6.07, 6.45) is 3.12. The average molecular weight is 278 g/mol. The van der Waals surface area contributed by atoms with Crippen molar-refractivity contribution in [1.82, 2.24) is 10.1 Å². The summed E-state index contributed by atoms with van der Waals surface area (Å²) >= 11 is 1.67. The Kier molecular flexibility index (Phi) is 4.57. The highest BCUT2D eigenvalue weighted by Gasteiger charge is 2.09. The number of hydrogen-bond donors (Lipinski definition) is 1. The maximum atomic E-state index is 10.4. The number of carboxylic acid groups (broad SMARTS) is 1. The zero-order valence-corrected chi connectivity index (χ0v) is 11.3. The molecule has 100 valence electrons. The summed E-state index contributed by atoms with van der Waals surface area (Å²) in [5, 5.41) is 12.5. The van der Waals surface area contributed by atoms with E-state index in [9.17, 15) is 4.79 Å². The quantitative estimate of drug-likeness (QED) is 0.819. The van der Waals surface area contributed by atoms with Crippen molar-refractivity contribution in [3.63, 3.8) is 0 Å². The lowest BCUT2D eigenvalue weighted by Gasteiger charge is -1.96. The summed E-state index contributed by atoms with van der Waals surface area (Å²) in [7, 11) is 0. The van der Waals surface area contributed by atoms with Crippen LogP contribution in [0.1, 0.15) is 18.7 Å². The number of aliphatic carboxylic acids is 1. The van der Waals surface area contributed by atoms with Gasteiger partial charge in [-0.05, 0) is 36.9 Å². The van der Waals surface area contributed by atoms with E-state index in [0.717, 1.165) is 5.56 Å². The molecule has 0 radical (unpaired) electrons. The Morgan fingerprint density at radius 2 is 2.11 bits per heavy atom. The summed E-state index contributed by atoms with van der Waals surface area (Å²) in [5.74, 6) is 0.204. The van der Waals surface area contributed by atoms with Gasteiger partial charge in [0.15, 0.2) is 0 Å². The number of thioether (sulfide) groups is 1. The van der Waals surface area contributed by atoms with Gasteiger partial charge in [-0.15, -0.1) is 11.8 Å². The number of carboxylic acids is 1. The van der Waals surface area contributed by atoms with Crippen LogP contribution in [0.3, 0.4) is 0 Å². The fourth-order valence-electron chi connectivity index (χ4n) is 1.60. The minimum atomic E-state index is -0.813. The third kappa shape index (κ3) is 3.82. The summed E-state index contributed by atoms with van der Waals surface area (Å²) in [5.41, 5.74) is 0.894. The number of aryl methyl sites for hydroxylation is 1. The predicted octanol–water partition coefficient (Wildman–Crippen LogP) is 2.87. The van der Waals surface area contributed by atoms with E-state index >= 15 is 0 Å². The molecular weight excluding hydrogens is 264 g/mol. The first-order valence-electron chi connectivity index (χ1n) is 5.88. The van der Waals surface area contributed by atoms with Crippen molar-refractivity contribution in [1.29, 1.82) is 0 Å². The Morgan fingerprint density at radius 1 is 1.37 bits per heavy atom. The van der Waals surface area contributed by atoms with Crippen molar-refractivity contribution < 1.29 is 14.4 Å². The lowest BCUT2D eigenvalue weighted by atomic mass is 10.2. The maximum Gasteiger partial charge on any atom is 0.303 e. The molecule has 2 rings (SSSR count). The van der Waals surface area contributed by atoms with E-state index in [2.05, 4.69) is 10.1 Å². The van der Waals surface area contributed by atoms with Crippen LogP contribution in [0.15, 0.2) is 33.7 Å². The molecule has 0 aliphatic heterocycles. The molecule has 0 bridgehead atoms. The Labute approximate surface area is 115 Å². The number of hydrogen-bond acceptors (Lipinski definition) is 5. The molecule has 1 aromatic carbocycles. The molecule has 1 heterocycles. The van der Waals surface area contributed by atoms with E-state index in [1.165, 1.54) is 4.90 Å². The molecule has 1 aromatic heterocycles. The van der Waals surface area contributed by atoms with Crippen LogP contribution in [0.4, 0.5) is 0 Å². The lowest BCUT2D eigenvalue weighted by molar-refractivity contribution is -0.137. The largest absolute Gasteiger partial charge is 0.481 e. The molecule has 0 aliphatic carbocycles. The molecule has 19 heavy (non-hydrogen) atoms. The number of benzene rings is 1. The molecule has 0 amide bonds. The van der Waals surface area contributed by atoms with E-state index in [1.807, 2.05) is 30.5 Å². The van der Waals surface area contributed by atoms with Gasteiger partial charge in [0.25, 0.3) is 0 Å². The molecule has 6 heteroatoms. The summed E-state index contributed by atoms with van der Waals surface area (Å²) in [6.45, 7) is 0. The highest BCUT2D eigenvalue weighted by Crippen LogP contribution is 2.21. The van der Waals surface area contributed by atoms with E-state index in [-0.39, 0.29) is 6.42 Å². The molecule has 0 unspecified atom stereocenters. The number of rotatable bonds is 6. The van der Waals surface area contributed by atoms with Crippen LogP contribution >= 0.6 is 11.8 Å². The van der Waals surface area contributed by atoms with Gasteiger partial charge in [-0.1, -0.05) is 5.16 Å². The number of aromatic nitrogens is 2.